The molecule has 0 bridgehead atoms. The van der Waals surface area contributed by atoms with Crippen molar-refractivity contribution in [1.82, 2.24) is 10.2 Å². The lowest BCUT2D eigenvalue weighted by molar-refractivity contribution is -0.130. The molecule has 0 unspecified atom stereocenters. The van der Waals surface area contributed by atoms with Gasteiger partial charge in [-0.25, -0.2) is 8.42 Å². The zero-order valence-electron chi connectivity index (χ0n) is 13.6. The van der Waals surface area contributed by atoms with Gasteiger partial charge in [-0.3, -0.25) is 9.59 Å². The smallest absolute Gasteiger partial charge is 0.225 e. The molecule has 0 saturated carbocycles. The Hall–Kier alpha value is -1.11. The Morgan fingerprint density at radius 3 is 2.64 bits per heavy atom. The summed E-state index contributed by atoms with van der Waals surface area (Å²) in [5, 5.41) is 3.01. The third-order valence-electron chi connectivity index (χ3n) is 4.51. The highest BCUT2D eigenvalue weighted by atomic mass is 32.2. The lowest BCUT2D eigenvalue weighted by Gasteiger charge is -2.28. The van der Waals surface area contributed by atoms with Crippen molar-refractivity contribution in [1.29, 1.82) is 0 Å². The van der Waals surface area contributed by atoms with Crippen LogP contribution < -0.4 is 5.32 Å². The largest absolute Gasteiger partial charge is 0.351 e. The standard InChI is InChI=1S/C15H26N2O4S/c1-4-6-15(2,3)16-14(19)11-8-13(18)17(9-11)12-5-7-22(20,21)10-12/h11-12H,4-10H2,1-3H3,(H,16,19)/t11-,12-/m1/s1. The molecule has 0 aromatic heterocycles. The minimum Gasteiger partial charge on any atom is -0.351 e. The molecule has 2 amide bonds. The molecule has 7 heteroatoms. The number of hydrogen-bond acceptors (Lipinski definition) is 4. The lowest BCUT2D eigenvalue weighted by atomic mass is 9.97. The summed E-state index contributed by atoms with van der Waals surface area (Å²) in [6, 6.07) is -0.251. The zero-order valence-corrected chi connectivity index (χ0v) is 14.4. The molecule has 2 fully saturated rings. The molecule has 2 aliphatic heterocycles. The van der Waals surface area contributed by atoms with E-state index in [1.807, 2.05) is 13.8 Å². The third-order valence-corrected chi connectivity index (χ3v) is 6.27. The summed E-state index contributed by atoms with van der Waals surface area (Å²) in [5.41, 5.74) is -0.279. The van der Waals surface area contributed by atoms with E-state index in [2.05, 4.69) is 12.2 Å². The minimum atomic E-state index is -3.02. The van der Waals surface area contributed by atoms with Crippen molar-refractivity contribution < 1.29 is 18.0 Å². The highest BCUT2D eigenvalue weighted by Gasteiger charge is 2.42. The van der Waals surface area contributed by atoms with Crippen LogP contribution in [-0.2, 0) is 19.4 Å². The fourth-order valence-electron chi connectivity index (χ4n) is 3.40. The van der Waals surface area contributed by atoms with Crippen molar-refractivity contribution in [2.75, 3.05) is 18.1 Å². The van der Waals surface area contributed by atoms with Crippen LogP contribution in [0.25, 0.3) is 0 Å². The summed E-state index contributed by atoms with van der Waals surface area (Å²) < 4.78 is 23.1. The average Bonchev–Trinajstić information content (AvgIpc) is 2.91. The quantitative estimate of drug-likeness (QED) is 0.805. The number of amides is 2. The number of nitrogens with one attached hydrogen (secondary N) is 1. The predicted molar refractivity (Wildman–Crippen MR) is 84.0 cm³/mol. The first-order chi connectivity index (χ1) is 10.1. The van der Waals surface area contributed by atoms with E-state index in [1.165, 1.54) is 0 Å². The van der Waals surface area contributed by atoms with E-state index in [9.17, 15) is 18.0 Å². The first-order valence-corrected chi connectivity index (χ1v) is 9.77. The van der Waals surface area contributed by atoms with Gasteiger partial charge in [-0.1, -0.05) is 13.3 Å². The SMILES string of the molecule is CCCC(C)(C)NC(=O)[C@@H]1CC(=O)N([C@@H]2CCS(=O)(=O)C2)C1. The number of rotatable bonds is 5. The molecule has 2 atom stereocenters. The maximum Gasteiger partial charge on any atom is 0.225 e. The maximum atomic E-state index is 12.4. The van der Waals surface area contributed by atoms with Crippen molar-refractivity contribution in [3.63, 3.8) is 0 Å². The summed E-state index contributed by atoms with van der Waals surface area (Å²) in [6.07, 6.45) is 2.53. The van der Waals surface area contributed by atoms with Crippen LogP contribution in [0.5, 0.6) is 0 Å². The number of nitrogens with zero attached hydrogens (tertiary/aromatic N) is 1. The summed E-state index contributed by atoms with van der Waals surface area (Å²) in [4.78, 5) is 26.1. The molecule has 0 aliphatic carbocycles. The molecule has 2 saturated heterocycles. The van der Waals surface area contributed by atoms with Crippen LogP contribution in [0.2, 0.25) is 0 Å². The summed E-state index contributed by atoms with van der Waals surface area (Å²) in [6.45, 7) is 6.36. The van der Waals surface area contributed by atoms with Gasteiger partial charge >= 0.3 is 0 Å². The lowest BCUT2D eigenvalue weighted by Crippen LogP contribution is -2.47. The molecule has 2 aliphatic rings. The second-order valence-corrected chi connectivity index (χ2v) is 9.36. The van der Waals surface area contributed by atoms with Crippen LogP contribution in [0.3, 0.4) is 0 Å². The Labute approximate surface area is 132 Å². The fourth-order valence-corrected chi connectivity index (χ4v) is 5.14. The normalized spacial score (nSPS) is 28.1. The van der Waals surface area contributed by atoms with Gasteiger partial charge in [0.1, 0.15) is 0 Å². The van der Waals surface area contributed by atoms with Gasteiger partial charge in [-0.15, -0.1) is 0 Å². The maximum absolute atomic E-state index is 12.4. The van der Waals surface area contributed by atoms with E-state index < -0.39 is 9.84 Å². The first kappa shape index (κ1) is 17.2. The summed E-state index contributed by atoms with van der Waals surface area (Å²) in [5.74, 6) is -0.395. The van der Waals surface area contributed by atoms with E-state index in [1.54, 1.807) is 4.90 Å². The molecule has 0 aromatic rings. The highest BCUT2D eigenvalue weighted by Crippen LogP contribution is 2.26. The van der Waals surface area contributed by atoms with Gasteiger partial charge < -0.3 is 10.2 Å². The molecule has 2 heterocycles. The van der Waals surface area contributed by atoms with Crippen molar-refractivity contribution in [2.45, 2.75) is 58.0 Å². The van der Waals surface area contributed by atoms with Crippen LogP contribution in [-0.4, -0.2) is 54.8 Å². The number of hydrogen-bond donors (Lipinski definition) is 1. The number of carbonyl (C=O) groups is 2. The second-order valence-electron chi connectivity index (χ2n) is 7.13. The molecule has 0 aromatic carbocycles. The topological polar surface area (TPSA) is 83.6 Å². The summed E-state index contributed by atoms with van der Waals surface area (Å²) in [7, 11) is -3.02. The van der Waals surface area contributed by atoms with Crippen LogP contribution in [0, 0.1) is 5.92 Å². The van der Waals surface area contributed by atoms with Crippen molar-refractivity contribution in [3.8, 4) is 0 Å². The van der Waals surface area contributed by atoms with Crippen LogP contribution in [0.4, 0.5) is 0 Å². The molecular formula is C15H26N2O4S. The van der Waals surface area contributed by atoms with Gasteiger partial charge in [-0.2, -0.15) is 0 Å². The molecule has 0 spiro atoms. The molecule has 2 rings (SSSR count). The van der Waals surface area contributed by atoms with E-state index in [-0.39, 0.29) is 47.2 Å². The Morgan fingerprint density at radius 1 is 1.41 bits per heavy atom. The molecule has 6 nitrogen and oxygen atoms in total. The Balaban J connectivity index is 1.96. The van der Waals surface area contributed by atoms with Gasteiger partial charge in [0.15, 0.2) is 9.84 Å². The second kappa shape index (κ2) is 6.18. The van der Waals surface area contributed by atoms with Gasteiger partial charge in [0.25, 0.3) is 0 Å². The zero-order chi connectivity index (χ0) is 16.5. The average molecular weight is 330 g/mol. The van der Waals surface area contributed by atoms with Crippen molar-refractivity contribution in [2.24, 2.45) is 5.92 Å². The number of sulfone groups is 1. The van der Waals surface area contributed by atoms with E-state index in [4.69, 9.17) is 0 Å². The Kier molecular flexibility index (Phi) is 4.84. The number of likely N-dealkylation sites (tertiary alicyclic amines) is 1. The van der Waals surface area contributed by atoms with Crippen LogP contribution in [0.1, 0.15) is 46.5 Å². The molecule has 1 N–H and O–H groups in total. The van der Waals surface area contributed by atoms with Gasteiger partial charge in [0.05, 0.1) is 17.4 Å². The Morgan fingerprint density at radius 2 is 2.09 bits per heavy atom. The van der Waals surface area contributed by atoms with Crippen molar-refractivity contribution >= 4 is 21.7 Å². The van der Waals surface area contributed by atoms with Gasteiger partial charge in [0, 0.05) is 24.5 Å². The van der Waals surface area contributed by atoms with Crippen LogP contribution in [0.15, 0.2) is 0 Å². The first-order valence-electron chi connectivity index (χ1n) is 7.95. The van der Waals surface area contributed by atoms with Gasteiger partial charge in [-0.05, 0) is 26.7 Å². The molecule has 126 valence electrons. The van der Waals surface area contributed by atoms with Crippen molar-refractivity contribution in [3.05, 3.63) is 0 Å². The third kappa shape index (κ3) is 4.00. The highest BCUT2D eigenvalue weighted by molar-refractivity contribution is 7.91. The van der Waals surface area contributed by atoms with E-state index in [0.29, 0.717) is 13.0 Å². The molecule has 22 heavy (non-hydrogen) atoms. The molecular weight excluding hydrogens is 304 g/mol. The summed E-state index contributed by atoms with van der Waals surface area (Å²) >= 11 is 0. The van der Waals surface area contributed by atoms with E-state index in [0.717, 1.165) is 12.8 Å². The van der Waals surface area contributed by atoms with Gasteiger partial charge in [0.2, 0.25) is 11.8 Å². The minimum absolute atomic E-state index is 0.0361. The predicted octanol–water partition coefficient (Wildman–Crippen LogP) is 0.717. The van der Waals surface area contributed by atoms with E-state index >= 15 is 0 Å². The Bertz CT molecular complexity index is 556. The van der Waals surface area contributed by atoms with Crippen LogP contribution >= 0.6 is 0 Å². The monoisotopic (exact) mass is 330 g/mol. The fraction of sp³-hybridized carbons (Fsp3) is 0.867. The number of carbonyl (C=O) groups excluding carboxylic acids is 2. The molecule has 0 radical (unpaired) electrons.